The normalized spacial score (nSPS) is 10.4. The minimum Gasteiger partial charge on any atom is -0.477 e. The summed E-state index contributed by atoms with van der Waals surface area (Å²) in [5.74, 6) is 0.763. The molecule has 1 heterocycles. The van der Waals surface area contributed by atoms with Crippen LogP contribution in [0.1, 0.15) is 44.6 Å². The number of nitrogens with zero attached hydrogens (tertiary/aromatic N) is 1. The third kappa shape index (κ3) is 4.97. The molecule has 0 aromatic carbocycles. The maximum Gasteiger partial charge on any atom is 0.216 e. The van der Waals surface area contributed by atoms with E-state index in [1.165, 1.54) is 25.7 Å². The lowest BCUT2D eigenvalue weighted by atomic mass is 10.2. The van der Waals surface area contributed by atoms with Crippen LogP contribution in [0.15, 0.2) is 16.7 Å². The molecule has 0 spiro atoms. The van der Waals surface area contributed by atoms with Gasteiger partial charge < -0.3 is 4.74 Å². The van der Waals surface area contributed by atoms with Crippen molar-refractivity contribution < 1.29 is 4.74 Å². The number of halogens is 1. The molecule has 0 radical (unpaired) electrons. The maximum absolute atomic E-state index is 5.64. The molecule has 1 aromatic rings. The van der Waals surface area contributed by atoms with Crippen LogP contribution in [-0.2, 0) is 0 Å². The van der Waals surface area contributed by atoms with Crippen molar-refractivity contribution in [1.29, 1.82) is 0 Å². The molecule has 0 aliphatic carbocycles. The highest BCUT2D eigenvalue weighted by Gasteiger charge is 2.01. The maximum atomic E-state index is 5.64. The number of aryl methyl sites for hydroxylation is 1. The van der Waals surface area contributed by atoms with Crippen LogP contribution in [0.4, 0.5) is 0 Å². The largest absolute Gasteiger partial charge is 0.477 e. The second kappa shape index (κ2) is 7.66. The number of unbranched alkanes of at least 4 members (excludes halogenated alkanes) is 4. The summed E-state index contributed by atoms with van der Waals surface area (Å²) in [7, 11) is 0. The van der Waals surface area contributed by atoms with Crippen molar-refractivity contribution in [2.45, 2.75) is 46.0 Å². The van der Waals surface area contributed by atoms with E-state index in [0.717, 1.165) is 28.9 Å². The molecule has 0 unspecified atom stereocenters. The SMILES string of the molecule is CCCCCCCOc1ncc(Br)cc1C. The van der Waals surface area contributed by atoms with E-state index in [1.54, 1.807) is 6.20 Å². The number of hydrogen-bond acceptors (Lipinski definition) is 2. The summed E-state index contributed by atoms with van der Waals surface area (Å²) in [6.07, 6.45) is 8.08. The molecule has 1 aromatic heterocycles. The monoisotopic (exact) mass is 285 g/mol. The molecule has 0 saturated heterocycles. The summed E-state index contributed by atoms with van der Waals surface area (Å²) < 4.78 is 6.64. The van der Waals surface area contributed by atoms with Crippen LogP contribution in [0.5, 0.6) is 5.88 Å². The second-order valence-corrected chi connectivity index (χ2v) is 4.95. The quantitative estimate of drug-likeness (QED) is 0.688. The Balaban J connectivity index is 2.21. The van der Waals surface area contributed by atoms with Crippen molar-refractivity contribution in [2.24, 2.45) is 0 Å². The third-order valence-electron chi connectivity index (χ3n) is 2.48. The van der Waals surface area contributed by atoms with Gasteiger partial charge >= 0.3 is 0 Å². The summed E-state index contributed by atoms with van der Waals surface area (Å²) in [4.78, 5) is 4.24. The van der Waals surface area contributed by atoms with Crippen molar-refractivity contribution in [1.82, 2.24) is 4.98 Å². The average Bonchev–Trinajstić information content (AvgIpc) is 2.26. The first-order valence-corrected chi connectivity index (χ1v) is 6.78. The van der Waals surface area contributed by atoms with Crippen molar-refractivity contribution >= 4 is 15.9 Å². The zero-order chi connectivity index (χ0) is 11.8. The number of aromatic nitrogens is 1. The van der Waals surface area contributed by atoms with E-state index in [9.17, 15) is 0 Å². The topological polar surface area (TPSA) is 22.1 Å². The molecule has 1 rings (SSSR count). The van der Waals surface area contributed by atoms with Crippen LogP contribution in [0.25, 0.3) is 0 Å². The molecular weight excluding hydrogens is 266 g/mol. The standard InChI is InChI=1S/C13H20BrNO/c1-3-4-5-6-7-8-16-13-11(2)9-12(14)10-15-13/h9-10H,3-8H2,1-2H3. The lowest BCUT2D eigenvalue weighted by molar-refractivity contribution is 0.291. The van der Waals surface area contributed by atoms with E-state index in [4.69, 9.17) is 4.74 Å². The van der Waals surface area contributed by atoms with Crippen LogP contribution < -0.4 is 4.74 Å². The van der Waals surface area contributed by atoms with Crippen LogP contribution in [0.3, 0.4) is 0 Å². The van der Waals surface area contributed by atoms with Gasteiger partial charge in [-0.05, 0) is 35.3 Å². The number of ether oxygens (including phenoxy) is 1. The molecule has 0 atom stereocenters. The Kier molecular flexibility index (Phi) is 6.46. The van der Waals surface area contributed by atoms with Gasteiger partial charge in [-0.25, -0.2) is 4.98 Å². The Hall–Kier alpha value is -0.570. The number of pyridine rings is 1. The number of hydrogen-bond donors (Lipinski definition) is 0. The van der Waals surface area contributed by atoms with E-state index in [-0.39, 0.29) is 0 Å². The van der Waals surface area contributed by atoms with E-state index in [2.05, 4.69) is 27.8 Å². The lowest BCUT2D eigenvalue weighted by Gasteiger charge is -2.07. The predicted molar refractivity (Wildman–Crippen MR) is 70.9 cm³/mol. The Morgan fingerprint density at radius 1 is 1.25 bits per heavy atom. The summed E-state index contributed by atoms with van der Waals surface area (Å²) >= 11 is 3.39. The number of rotatable bonds is 7. The molecule has 0 saturated carbocycles. The van der Waals surface area contributed by atoms with Gasteiger partial charge in [0.15, 0.2) is 0 Å². The van der Waals surface area contributed by atoms with Crippen LogP contribution in [0.2, 0.25) is 0 Å². The van der Waals surface area contributed by atoms with Gasteiger partial charge in [0.1, 0.15) is 0 Å². The molecule has 2 nitrogen and oxygen atoms in total. The van der Waals surface area contributed by atoms with Crippen molar-refractivity contribution in [3.63, 3.8) is 0 Å². The fraction of sp³-hybridized carbons (Fsp3) is 0.615. The molecule has 16 heavy (non-hydrogen) atoms. The first-order chi connectivity index (χ1) is 7.74. The van der Waals surface area contributed by atoms with Gasteiger partial charge in [0.25, 0.3) is 0 Å². The molecule has 90 valence electrons. The van der Waals surface area contributed by atoms with E-state index < -0.39 is 0 Å². The molecule has 0 aliphatic rings. The van der Waals surface area contributed by atoms with Crippen LogP contribution in [0, 0.1) is 6.92 Å². The first-order valence-electron chi connectivity index (χ1n) is 5.99. The van der Waals surface area contributed by atoms with Gasteiger partial charge in [0, 0.05) is 16.2 Å². The van der Waals surface area contributed by atoms with Gasteiger partial charge in [-0.3, -0.25) is 0 Å². The summed E-state index contributed by atoms with van der Waals surface area (Å²) in [6, 6.07) is 2.03. The zero-order valence-corrected chi connectivity index (χ0v) is 11.7. The Morgan fingerprint density at radius 3 is 2.69 bits per heavy atom. The lowest BCUT2D eigenvalue weighted by Crippen LogP contribution is -2.00. The summed E-state index contributed by atoms with van der Waals surface area (Å²) in [6.45, 7) is 5.02. The molecule has 0 fully saturated rings. The van der Waals surface area contributed by atoms with Crippen molar-refractivity contribution in [3.05, 3.63) is 22.3 Å². The third-order valence-corrected chi connectivity index (χ3v) is 2.92. The van der Waals surface area contributed by atoms with Gasteiger partial charge in [0.2, 0.25) is 5.88 Å². The second-order valence-electron chi connectivity index (χ2n) is 4.04. The van der Waals surface area contributed by atoms with Gasteiger partial charge in [0.05, 0.1) is 6.61 Å². The highest BCUT2D eigenvalue weighted by atomic mass is 79.9. The summed E-state index contributed by atoms with van der Waals surface area (Å²) in [5.41, 5.74) is 1.09. The van der Waals surface area contributed by atoms with E-state index in [1.807, 2.05) is 13.0 Å². The Labute approximate surface area is 107 Å². The highest BCUT2D eigenvalue weighted by Crippen LogP contribution is 2.18. The predicted octanol–water partition coefficient (Wildman–Crippen LogP) is 4.50. The Bertz CT molecular complexity index is 315. The van der Waals surface area contributed by atoms with Gasteiger partial charge in [-0.15, -0.1) is 0 Å². The fourth-order valence-corrected chi connectivity index (χ4v) is 2.00. The van der Waals surface area contributed by atoms with Gasteiger partial charge in [-0.1, -0.05) is 32.6 Å². The minimum atomic E-state index is 0.763. The molecular formula is C13H20BrNO. The summed E-state index contributed by atoms with van der Waals surface area (Å²) in [5, 5.41) is 0. The minimum absolute atomic E-state index is 0.763. The zero-order valence-electron chi connectivity index (χ0n) is 10.1. The smallest absolute Gasteiger partial charge is 0.216 e. The van der Waals surface area contributed by atoms with Crippen molar-refractivity contribution in [2.75, 3.05) is 6.61 Å². The van der Waals surface area contributed by atoms with E-state index in [0.29, 0.717) is 0 Å². The van der Waals surface area contributed by atoms with Crippen LogP contribution >= 0.6 is 15.9 Å². The van der Waals surface area contributed by atoms with Crippen LogP contribution in [-0.4, -0.2) is 11.6 Å². The molecule has 3 heteroatoms. The fourth-order valence-electron chi connectivity index (χ4n) is 1.55. The molecule has 0 N–H and O–H groups in total. The van der Waals surface area contributed by atoms with Gasteiger partial charge in [-0.2, -0.15) is 0 Å². The first kappa shape index (κ1) is 13.5. The molecule has 0 bridgehead atoms. The highest BCUT2D eigenvalue weighted by molar-refractivity contribution is 9.10. The molecule has 0 aliphatic heterocycles. The Morgan fingerprint density at radius 2 is 2.00 bits per heavy atom. The van der Waals surface area contributed by atoms with E-state index >= 15 is 0 Å². The average molecular weight is 286 g/mol. The molecule has 0 amide bonds. The van der Waals surface area contributed by atoms with Crippen molar-refractivity contribution in [3.8, 4) is 5.88 Å².